The lowest BCUT2D eigenvalue weighted by Gasteiger charge is -2.34. The summed E-state index contributed by atoms with van der Waals surface area (Å²) in [5.74, 6) is -0.331. The molecule has 21 heavy (non-hydrogen) atoms. The number of thioether (sulfide) groups is 1. The number of carbonyl (C=O) groups excluding carboxylic acids is 1. The predicted octanol–water partition coefficient (Wildman–Crippen LogP) is 1.26. The molecule has 0 saturated heterocycles. The molecule has 3 N–H and O–H groups in total. The summed E-state index contributed by atoms with van der Waals surface area (Å²) in [6.45, 7) is 0. The monoisotopic (exact) mass is 307 g/mol. The van der Waals surface area contributed by atoms with Gasteiger partial charge in [0.15, 0.2) is 5.65 Å². The van der Waals surface area contributed by atoms with Gasteiger partial charge in [0.1, 0.15) is 22.4 Å². The van der Waals surface area contributed by atoms with Crippen molar-refractivity contribution in [2.24, 2.45) is 5.73 Å². The summed E-state index contributed by atoms with van der Waals surface area (Å²) in [4.78, 5) is 27.4. The van der Waals surface area contributed by atoms with Crippen molar-refractivity contribution in [3.8, 4) is 0 Å². The standard InChI is InChI=1S/C13H17N5O2S/c1-20-12(19)13(14)4-2-3-8(5-13)21-11-9-10(16-6-15-9)17-7-18-11/h6-8H,2-5,14H2,1H3,(H,15,16,17,18). The van der Waals surface area contributed by atoms with Crippen LogP contribution >= 0.6 is 11.8 Å². The molecule has 2 unspecified atom stereocenters. The first kappa shape index (κ1) is 14.3. The maximum atomic E-state index is 11.9. The minimum absolute atomic E-state index is 0.226. The van der Waals surface area contributed by atoms with Crippen LogP contribution < -0.4 is 5.73 Å². The third-order valence-corrected chi connectivity index (χ3v) is 5.07. The van der Waals surface area contributed by atoms with Crippen LogP contribution in [-0.4, -0.2) is 43.8 Å². The molecule has 0 amide bonds. The van der Waals surface area contributed by atoms with E-state index in [1.807, 2.05) is 0 Å². The Morgan fingerprint density at radius 1 is 1.52 bits per heavy atom. The number of nitrogens with one attached hydrogen (secondary N) is 1. The number of ether oxygens (including phenoxy) is 1. The molecule has 8 heteroatoms. The molecule has 0 aromatic carbocycles. The molecule has 1 aliphatic rings. The van der Waals surface area contributed by atoms with Crippen LogP contribution in [0.5, 0.6) is 0 Å². The first-order valence-corrected chi connectivity index (χ1v) is 7.68. The molecule has 3 rings (SSSR count). The molecule has 1 aliphatic carbocycles. The van der Waals surface area contributed by atoms with Gasteiger partial charge in [-0.2, -0.15) is 0 Å². The van der Waals surface area contributed by atoms with E-state index in [0.717, 1.165) is 23.4 Å². The maximum absolute atomic E-state index is 11.9. The molecule has 0 radical (unpaired) electrons. The largest absolute Gasteiger partial charge is 0.468 e. The average molecular weight is 307 g/mol. The van der Waals surface area contributed by atoms with Gasteiger partial charge in [0.25, 0.3) is 0 Å². The number of H-pyrrole nitrogens is 1. The van der Waals surface area contributed by atoms with Crippen molar-refractivity contribution in [1.29, 1.82) is 0 Å². The van der Waals surface area contributed by atoms with Gasteiger partial charge in [0.2, 0.25) is 0 Å². The van der Waals surface area contributed by atoms with Crippen molar-refractivity contribution >= 4 is 28.9 Å². The van der Waals surface area contributed by atoms with E-state index in [1.165, 1.54) is 13.4 Å². The van der Waals surface area contributed by atoms with E-state index in [4.69, 9.17) is 10.5 Å². The van der Waals surface area contributed by atoms with E-state index in [1.54, 1.807) is 18.1 Å². The fourth-order valence-corrected chi connectivity index (χ4v) is 4.09. The fourth-order valence-electron chi connectivity index (χ4n) is 2.73. The highest BCUT2D eigenvalue weighted by Crippen LogP contribution is 2.38. The molecule has 2 heterocycles. The number of rotatable bonds is 3. The Labute approximate surface area is 126 Å². The van der Waals surface area contributed by atoms with Gasteiger partial charge in [0, 0.05) is 5.25 Å². The van der Waals surface area contributed by atoms with E-state index in [0.29, 0.717) is 18.5 Å². The Bertz CT molecular complexity index is 661. The van der Waals surface area contributed by atoms with E-state index in [2.05, 4.69) is 19.9 Å². The van der Waals surface area contributed by atoms with Crippen molar-refractivity contribution in [1.82, 2.24) is 19.9 Å². The second kappa shape index (κ2) is 5.61. The van der Waals surface area contributed by atoms with Crippen LogP contribution in [0.4, 0.5) is 0 Å². The number of fused-ring (bicyclic) bond motifs is 1. The van der Waals surface area contributed by atoms with Gasteiger partial charge in [-0.05, 0) is 25.7 Å². The fraction of sp³-hybridized carbons (Fsp3) is 0.538. The molecule has 1 saturated carbocycles. The second-order valence-corrected chi connectivity index (χ2v) is 6.55. The van der Waals surface area contributed by atoms with Gasteiger partial charge in [0.05, 0.1) is 13.4 Å². The molecule has 7 nitrogen and oxygen atoms in total. The molecular weight excluding hydrogens is 290 g/mol. The Morgan fingerprint density at radius 3 is 3.19 bits per heavy atom. The lowest BCUT2D eigenvalue weighted by molar-refractivity contribution is -0.148. The summed E-state index contributed by atoms with van der Waals surface area (Å²) in [5, 5.41) is 1.07. The van der Waals surface area contributed by atoms with E-state index in [-0.39, 0.29) is 11.2 Å². The van der Waals surface area contributed by atoms with Crippen LogP contribution in [0.25, 0.3) is 11.2 Å². The normalized spacial score (nSPS) is 25.9. The molecule has 0 aliphatic heterocycles. The first-order valence-electron chi connectivity index (χ1n) is 6.80. The average Bonchev–Trinajstić information content (AvgIpc) is 2.96. The number of nitrogens with two attached hydrogens (primary N) is 1. The summed E-state index contributed by atoms with van der Waals surface area (Å²) in [5.41, 5.74) is 6.80. The molecule has 2 aromatic rings. The van der Waals surface area contributed by atoms with Crippen LogP contribution in [-0.2, 0) is 9.53 Å². The van der Waals surface area contributed by atoms with Crippen molar-refractivity contribution in [3.63, 3.8) is 0 Å². The second-order valence-electron chi connectivity index (χ2n) is 5.26. The van der Waals surface area contributed by atoms with Crippen molar-refractivity contribution in [2.45, 2.75) is 41.5 Å². The Hall–Kier alpha value is -1.67. The van der Waals surface area contributed by atoms with Gasteiger partial charge in [-0.3, -0.25) is 4.79 Å². The topological polar surface area (TPSA) is 107 Å². The number of hydrogen-bond donors (Lipinski definition) is 2. The predicted molar refractivity (Wildman–Crippen MR) is 78.7 cm³/mol. The van der Waals surface area contributed by atoms with Gasteiger partial charge in [-0.25, -0.2) is 15.0 Å². The number of hydrogen-bond acceptors (Lipinski definition) is 7. The summed E-state index contributed by atoms with van der Waals surface area (Å²) >= 11 is 1.62. The Kier molecular flexibility index (Phi) is 3.81. The minimum atomic E-state index is -0.884. The number of aromatic amines is 1. The van der Waals surface area contributed by atoms with Crippen molar-refractivity contribution in [3.05, 3.63) is 12.7 Å². The molecular formula is C13H17N5O2S. The summed E-state index contributed by atoms with van der Waals surface area (Å²) in [6, 6.07) is 0. The smallest absolute Gasteiger partial charge is 0.325 e. The van der Waals surface area contributed by atoms with Crippen molar-refractivity contribution in [2.75, 3.05) is 7.11 Å². The van der Waals surface area contributed by atoms with Crippen LogP contribution in [0.15, 0.2) is 17.7 Å². The van der Waals surface area contributed by atoms with Crippen LogP contribution in [0.1, 0.15) is 25.7 Å². The molecule has 2 aromatic heterocycles. The van der Waals surface area contributed by atoms with E-state index in [9.17, 15) is 4.79 Å². The zero-order valence-electron chi connectivity index (χ0n) is 11.7. The third kappa shape index (κ3) is 2.73. The number of aromatic nitrogens is 4. The van der Waals surface area contributed by atoms with E-state index >= 15 is 0 Å². The maximum Gasteiger partial charge on any atom is 0.325 e. The summed E-state index contributed by atoms with van der Waals surface area (Å²) in [6.07, 6.45) is 6.26. The SMILES string of the molecule is COC(=O)C1(N)CCCC(Sc2ncnc3nc[nH]c23)C1. The molecule has 2 atom stereocenters. The van der Waals surface area contributed by atoms with Gasteiger partial charge >= 0.3 is 5.97 Å². The Balaban J connectivity index is 1.79. The lowest BCUT2D eigenvalue weighted by atomic mass is 9.82. The quantitative estimate of drug-likeness (QED) is 0.649. The number of nitrogens with zero attached hydrogens (tertiary/aromatic N) is 3. The van der Waals surface area contributed by atoms with Crippen LogP contribution in [0.2, 0.25) is 0 Å². The van der Waals surface area contributed by atoms with Crippen molar-refractivity contribution < 1.29 is 9.53 Å². The first-order chi connectivity index (χ1) is 10.1. The van der Waals surface area contributed by atoms with Gasteiger partial charge < -0.3 is 15.5 Å². The third-order valence-electron chi connectivity index (χ3n) is 3.80. The highest BCUT2D eigenvalue weighted by atomic mass is 32.2. The van der Waals surface area contributed by atoms with Gasteiger partial charge in [-0.15, -0.1) is 11.8 Å². The molecule has 0 spiro atoms. The number of carbonyl (C=O) groups is 1. The molecule has 0 bridgehead atoms. The van der Waals surface area contributed by atoms with Crippen LogP contribution in [0.3, 0.4) is 0 Å². The number of imidazole rings is 1. The number of methoxy groups -OCH3 is 1. The number of esters is 1. The van der Waals surface area contributed by atoms with E-state index < -0.39 is 5.54 Å². The highest BCUT2D eigenvalue weighted by molar-refractivity contribution is 8.00. The Morgan fingerprint density at radius 2 is 2.38 bits per heavy atom. The zero-order valence-corrected chi connectivity index (χ0v) is 12.5. The zero-order chi connectivity index (χ0) is 14.9. The molecule has 1 fully saturated rings. The highest BCUT2D eigenvalue weighted by Gasteiger charge is 2.40. The lowest BCUT2D eigenvalue weighted by Crippen LogP contribution is -2.52. The van der Waals surface area contributed by atoms with Gasteiger partial charge in [-0.1, -0.05) is 0 Å². The summed E-state index contributed by atoms with van der Waals surface area (Å²) in [7, 11) is 1.38. The van der Waals surface area contributed by atoms with Crippen LogP contribution in [0, 0.1) is 0 Å². The minimum Gasteiger partial charge on any atom is -0.468 e. The molecule has 112 valence electrons. The summed E-state index contributed by atoms with van der Waals surface area (Å²) < 4.78 is 4.83.